The fourth-order valence-electron chi connectivity index (χ4n) is 3.82. The zero-order valence-corrected chi connectivity index (χ0v) is 20.9. The minimum absolute atomic E-state index is 0.0788. The van der Waals surface area contributed by atoms with E-state index in [1.165, 1.54) is 13.2 Å². The Hall–Kier alpha value is -4.21. The largest absolute Gasteiger partial charge is 0.494 e. The van der Waals surface area contributed by atoms with E-state index >= 15 is 4.39 Å². The maximum Gasteiger partial charge on any atom is 0.217 e. The van der Waals surface area contributed by atoms with Crippen molar-refractivity contribution in [2.45, 2.75) is 45.4 Å². The molecule has 0 saturated heterocycles. The monoisotopic (exact) mass is 509 g/mol. The Bertz CT molecular complexity index is 1480. The van der Waals surface area contributed by atoms with E-state index in [1.54, 1.807) is 32.0 Å². The number of anilines is 1. The van der Waals surface area contributed by atoms with E-state index in [4.69, 9.17) is 25.6 Å². The van der Waals surface area contributed by atoms with E-state index < -0.39 is 17.5 Å². The molecule has 12 heteroatoms. The summed E-state index contributed by atoms with van der Waals surface area (Å²) in [4.78, 5) is 9.21. The van der Waals surface area contributed by atoms with E-state index in [0.29, 0.717) is 29.8 Å². The minimum Gasteiger partial charge on any atom is -0.494 e. The van der Waals surface area contributed by atoms with Crippen molar-refractivity contribution < 1.29 is 23.6 Å². The van der Waals surface area contributed by atoms with E-state index in [-0.39, 0.29) is 40.9 Å². The molecule has 37 heavy (non-hydrogen) atoms. The number of aryl methyl sites for hydroxylation is 1. The predicted octanol–water partition coefficient (Wildman–Crippen LogP) is 2.82. The average molecular weight is 510 g/mol. The van der Waals surface area contributed by atoms with Gasteiger partial charge in [-0.3, -0.25) is 0 Å². The fraction of sp³-hybridized carbons (Fsp3) is 0.360. The third-order valence-corrected chi connectivity index (χ3v) is 5.49. The number of hydrogen-bond donors (Lipinski definition) is 3. The van der Waals surface area contributed by atoms with Crippen molar-refractivity contribution in [2.24, 2.45) is 5.73 Å². The van der Waals surface area contributed by atoms with Gasteiger partial charge in [-0.2, -0.15) is 0 Å². The Labute approximate surface area is 212 Å². The number of rotatable bonds is 8. The Kier molecular flexibility index (Phi) is 7.28. The highest BCUT2D eigenvalue weighted by Crippen LogP contribution is 2.33. The Morgan fingerprint density at radius 2 is 2.05 bits per heavy atom. The second-order valence-corrected chi connectivity index (χ2v) is 8.71. The van der Waals surface area contributed by atoms with Crippen LogP contribution in [0.15, 0.2) is 28.9 Å². The standard InChI is InChI=1S/C25H28FN7O4/c1-5-33-16-13-19(36-17(10-12-27)14-7-6-8-18(35-4)20(14)26)29-15(9-11-25(2,3)34)21(16)30-24(33)22-23(28)32-37-31-22/h6-8,13,17,34H,5,10,12,27H2,1-4H3,(H2,28,32). The quantitative estimate of drug-likeness (QED) is 0.301. The molecule has 1 atom stereocenters. The normalized spacial score (nSPS) is 12.3. The summed E-state index contributed by atoms with van der Waals surface area (Å²) < 4.78 is 33.0. The first-order valence-corrected chi connectivity index (χ1v) is 11.6. The van der Waals surface area contributed by atoms with Crippen molar-refractivity contribution in [1.29, 1.82) is 0 Å². The summed E-state index contributed by atoms with van der Waals surface area (Å²) in [5, 5.41) is 17.7. The van der Waals surface area contributed by atoms with Gasteiger partial charge in [-0.1, -0.05) is 18.1 Å². The highest BCUT2D eigenvalue weighted by Gasteiger charge is 2.24. The van der Waals surface area contributed by atoms with Gasteiger partial charge >= 0.3 is 0 Å². The molecule has 4 rings (SSSR count). The third-order valence-electron chi connectivity index (χ3n) is 5.49. The minimum atomic E-state index is -1.28. The SMILES string of the molecule is CCn1c(-c2nonc2N)nc2c(C#CC(C)(C)O)nc(OC(CCN)c3cccc(OC)c3F)cc21. The van der Waals surface area contributed by atoms with Crippen LogP contribution in [0.1, 0.15) is 44.6 Å². The van der Waals surface area contributed by atoms with Crippen LogP contribution in [-0.4, -0.2) is 49.2 Å². The predicted molar refractivity (Wildman–Crippen MR) is 134 cm³/mol. The van der Waals surface area contributed by atoms with Gasteiger partial charge in [-0.25, -0.2) is 19.0 Å². The number of nitrogens with zero attached hydrogens (tertiary/aromatic N) is 5. The first kappa shape index (κ1) is 25.9. The van der Waals surface area contributed by atoms with Crippen LogP contribution in [0.2, 0.25) is 0 Å². The van der Waals surface area contributed by atoms with Gasteiger partial charge in [0.25, 0.3) is 0 Å². The lowest BCUT2D eigenvalue weighted by Crippen LogP contribution is -2.16. The number of fused-ring (bicyclic) bond motifs is 1. The number of nitrogen functional groups attached to an aromatic ring is 1. The molecule has 0 saturated carbocycles. The third kappa shape index (κ3) is 5.32. The zero-order chi connectivity index (χ0) is 26.7. The summed E-state index contributed by atoms with van der Waals surface area (Å²) in [6, 6.07) is 6.49. The highest BCUT2D eigenvalue weighted by atomic mass is 19.1. The molecular weight excluding hydrogens is 481 g/mol. The van der Waals surface area contributed by atoms with Crippen LogP contribution >= 0.6 is 0 Å². The molecule has 0 spiro atoms. The Balaban J connectivity index is 1.90. The molecule has 0 bridgehead atoms. The Morgan fingerprint density at radius 1 is 1.27 bits per heavy atom. The lowest BCUT2D eigenvalue weighted by molar-refractivity contribution is 0.143. The van der Waals surface area contributed by atoms with Crippen LogP contribution in [0, 0.1) is 17.7 Å². The molecule has 0 aliphatic heterocycles. The van der Waals surface area contributed by atoms with Crippen molar-refractivity contribution in [1.82, 2.24) is 24.8 Å². The number of hydrogen-bond acceptors (Lipinski definition) is 10. The highest BCUT2D eigenvalue weighted by molar-refractivity contribution is 5.86. The number of imidazole rings is 1. The van der Waals surface area contributed by atoms with Crippen LogP contribution < -0.4 is 20.9 Å². The van der Waals surface area contributed by atoms with Gasteiger partial charge in [-0.15, -0.1) is 0 Å². The van der Waals surface area contributed by atoms with E-state index in [0.717, 1.165) is 0 Å². The zero-order valence-electron chi connectivity index (χ0n) is 20.9. The van der Waals surface area contributed by atoms with Crippen molar-refractivity contribution in [3.63, 3.8) is 0 Å². The van der Waals surface area contributed by atoms with Crippen LogP contribution in [-0.2, 0) is 6.54 Å². The number of pyridine rings is 1. The molecule has 0 fully saturated rings. The van der Waals surface area contributed by atoms with Gasteiger partial charge in [0.1, 0.15) is 22.9 Å². The molecule has 3 heterocycles. The number of nitrogens with two attached hydrogens (primary N) is 2. The maximum atomic E-state index is 15.1. The van der Waals surface area contributed by atoms with E-state index in [9.17, 15) is 5.11 Å². The van der Waals surface area contributed by atoms with E-state index in [2.05, 4.69) is 32.1 Å². The fourth-order valence-corrected chi connectivity index (χ4v) is 3.82. The lowest BCUT2D eigenvalue weighted by atomic mass is 10.1. The molecule has 0 amide bonds. The number of aliphatic hydroxyl groups is 1. The molecule has 1 aromatic carbocycles. The van der Waals surface area contributed by atoms with Gasteiger partial charge in [0.2, 0.25) is 5.88 Å². The number of methoxy groups -OCH3 is 1. The second-order valence-electron chi connectivity index (χ2n) is 8.71. The molecule has 4 aromatic rings. The summed E-state index contributed by atoms with van der Waals surface area (Å²) in [6.07, 6.45) is -0.443. The van der Waals surface area contributed by atoms with Crippen LogP contribution in [0.3, 0.4) is 0 Å². The summed E-state index contributed by atoms with van der Waals surface area (Å²) in [5.74, 6) is 5.85. The maximum absolute atomic E-state index is 15.1. The van der Waals surface area contributed by atoms with Crippen molar-refractivity contribution in [3.8, 4) is 35.0 Å². The molecule has 11 nitrogen and oxygen atoms in total. The van der Waals surface area contributed by atoms with Crippen LogP contribution in [0.4, 0.5) is 10.2 Å². The van der Waals surface area contributed by atoms with Gasteiger partial charge in [0.15, 0.2) is 28.9 Å². The van der Waals surface area contributed by atoms with Gasteiger partial charge in [0, 0.05) is 24.6 Å². The molecule has 5 N–H and O–H groups in total. The molecule has 194 valence electrons. The van der Waals surface area contributed by atoms with E-state index in [1.807, 2.05) is 11.5 Å². The summed E-state index contributed by atoms with van der Waals surface area (Å²) in [5.41, 5.74) is 12.3. The summed E-state index contributed by atoms with van der Waals surface area (Å²) >= 11 is 0. The topological polar surface area (TPSA) is 160 Å². The summed E-state index contributed by atoms with van der Waals surface area (Å²) in [6.45, 7) is 5.75. The first-order chi connectivity index (χ1) is 17.7. The summed E-state index contributed by atoms with van der Waals surface area (Å²) in [7, 11) is 1.39. The van der Waals surface area contributed by atoms with Gasteiger partial charge in [0.05, 0.1) is 12.6 Å². The smallest absolute Gasteiger partial charge is 0.217 e. The number of benzene rings is 1. The number of aromatic nitrogens is 5. The molecule has 1 unspecified atom stereocenters. The lowest BCUT2D eigenvalue weighted by Gasteiger charge is -2.20. The number of ether oxygens (including phenoxy) is 2. The van der Waals surface area contributed by atoms with Crippen LogP contribution in [0.5, 0.6) is 11.6 Å². The molecule has 0 aliphatic carbocycles. The van der Waals surface area contributed by atoms with Crippen LogP contribution in [0.25, 0.3) is 22.6 Å². The van der Waals surface area contributed by atoms with Gasteiger partial charge in [-0.05, 0) is 49.6 Å². The average Bonchev–Trinajstić information content (AvgIpc) is 3.44. The van der Waals surface area contributed by atoms with Crippen molar-refractivity contribution in [2.75, 3.05) is 19.4 Å². The molecule has 0 aliphatic rings. The molecular formula is C25H28FN7O4. The Morgan fingerprint density at radius 3 is 2.68 bits per heavy atom. The molecule has 3 aromatic heterocycles. The number of halogens is 1. The second kappa shape index (κ2) is 10.4. The van der Waals surface area contributed by atoms with Crippen molar-refractivity contribution >= 4 is 16.9 Å². The van der Waals surface area contributed by atoms with Gasteiger partial charge < -0.3 is 30.6 Å². The first-order valence-electron chi connectivity index (χ1n) is 11.6. The molecule has 0 radical (unpaired) electrons. The van der Waals surface area contributed by atoms with Crippen molar-refractivity contribution in [3.05, 3.63) is 41.3 Å².